The van der Waals surface area contributed by atoms with E-state index in [1.165, 1.54) is 0 Å². The summed E-state index contributed by atoms with van der Waals surface area (Å²) in [6.45, 7) is 2.25. The number of carboxylic acids is 1. The van der Waals surface area contributed by atoms with Crippen molar-refractivity contribution in [2.75, 3.05) is 0 Å². The van der Waals surface area contributed by atoms with Gasteiger partial charge in [0.1, 0.15) is 29.7 Å². The van der Waals surface area contributed by atoms with E-state index in [-0.39, 0.29) is 41.2 Å². The predicted octanol–water partition coefficient (Wildman–Crippen LogP) is 6.02. The van der Waals surface area contributed by atoms with Gasteiger partial charge in [0, 0.05) is 31.1 Å². The molecule has 4 heterocycles. The van der Waals surface area contributed by atoms with Gasteiger partial charge in [-0.15, -0.1) is 10.2 Å². The van der Waals surface area contributed by atoms with Crippen LogP contribution in [0.4, 0.5) is 4.79 Å². The number of imidazole rings is 2. The van der Waals surface area contributed by atoms with E-state index in [4.69, 9.17) is 9.72 Å². The molecule has 15 nitrogen and oxygen atoms in total. The van der Waals surface area contributed by atoms with Crippen LogP contribution in [0.2, 0.25) is 0 Å². The molecule has 0 bridgehead atoms. The van der Waals surface area contributed by atoms with E-state index < -0.39 is 17.0 Å². The second-order valence-electron chi connectivity index (χ2n) is 13.5. The quantitative estimate of drug-likeness (QED) is 0.109. The number of aromatic amines is 1. The fourth-order valence-corrected chi connectivity index (χ4v) is 7.78. The summed E-state index contributed by atoms with van der Waals surface area (Å²) in [6.07, 6.45) is 1.56. The van der Waals surface area contributed by atoms with Gasteiger partial charge in [0.15, 0.2) is 5.69 Å². The molecule has 8 rings (SSSR count). The summed E-state index contributed by atoms with van der Waals surface area (Å²) in [5, 5.41) is 26.8. The van der Waals surface area contributed by atoms with Gasteiger partial charge in [-0.05, 0) is 76.7 Å². The van der Waals surface area contributed by atoms with Crippen LogP contribution in [0.5, 0.6) is 5.75 Å². The number of carbonyl (C=O) groups excluding carboxylic acids is 3. The molecule has 1 atom stereocenters. The van der Waals surface area contributed by atoms with E-state index in [0.29, 0.717) is 53.5 Å². The van der Waals surface area contributed by atoms with Gasteiger partial charge in [0.2, 0.25) is 17.5 Å². The number of thioether (sulfide) groups is 1. The monoisotopic (exact) mass is 781 g/mol. The average Bonchev–Trinajstić information content (AvgIpc) is 4.01. The van der Waals surface area contributed by atoms with E-state index in [9.17, 15) is 24.3 Å². The highest BCUT2D eigenvalue weighted by molar-refractivity contribution is 8.15. The summed E-state index contributed by atoms with van der Waals surface area (Å²) in [6, 6.07) is 27.9. The van der Waals surface area contributed by atoms with Crippen LogP contribution in [-0.4, -0.2) is 73.0 Å². The van der Waals surface area contributed by atoms with Crippen molar-refractivity contribution in [3.63, 3.8) is 0 Å². The Morgan fingerprint density at radius 2 is 1.70 bits per heavy atom. The molecule has 3 N–H and O–H groups in total. The number of carboxylic acid groups (broad SMARTS) is 1. The molecule has 4 aromatic carbocycles. The van der Waals surface area contributed by atoms with Crippen LogP contribution in [-0.2, 0) is 37.8 Å². The number of H-pyrrole nitrogens is 1. The normalized spacial score (nSPS) is 14.0. The van der Waals surface area contributed by atoms with E-state index in [1.54, 1.807) is 34.9 Å². The summed E-state index contributed by atoms with van der Waals surface area (Å²) < 4.78 is 9.45. The van der Waals surface area contributed by atoms with Crippen LogP contribution in [0.1, 0.15) is 62.7 Å². The van der Waals surface area contributed by atoms with Crippen molar-refractivity contribution in [3.05, 3.63) is 131 Å². The number of tetrazole rings is 1. The highest BCUT2D eigenvalue weighted by Gasteiger charge is 2.32. The minimum Gasteiger partial charge on any atom is -0.486 e. The number of fused-ring (bicyclic) bond motifs is 1. The molecule has 0 saturated carbocycles. The highest BCUT2D eigenvalue weighted by atomic mass is 32.2. The lowest BCUT2D eigenvalue weighted by molar-refractivity contribution is -0.118. The topological polar surface area (TPSA) is 200 Å². The van der Waals surface area contributed by atoms with Crippen molar-refractivity contribution in [2.45, 2.75) is 44.6 Å². The van der Waals surface area contributed by atoms with E-state index >= 15 is 0 Å². The fraction of sp³-hybridized carbons (Fsp3) is 0.195. The second kappa shape index (κ2) is 15.7. The number of rotatable bonds is 14. The lowest BCUT2D eigenvalue weighted by atomic mass is 9.97. The molecule has 0 spiro atoms. The van der Waals surface area contributed by atoms with Crippen molar-refractivity contribution in [1.29, 1.82) is 0 Å². The molecule has 2 amide bonds. The van der Waals surface area contributed by atoms with Crippen molar-refractivity contribution < 1.29 is 29.0 Å². The molecule has 0 aliphatic carbocycles. The average molecular weight is 782 g/mol. The minimum atomic E-state index is -1.26. The largest absolute Gasteiger partial charge is 0.486 e. The number of nitrogens with zero attached hydrogens (tertiary/aromatic N) is 7. The molecule has 1 saturated heterocycles. The minimum absolute atomic E-state index is 0.137. The Balaban J connectivity index is 1.04. The van der Waals surface area contributed by atoms with Gasteiger partial charge in [0.05, 0.1) is 16.3 Å². The third-order valence-corrected chi connectivity index (χ3v) is 10.7. The standard InChI is InChI=1S/C41H35N9O6S/c1-3-7-33-43-35(36(40(53)54)50(33)21-24-12-16-28(25-8-5-4-6-9-25)29(18-24)38-45-47-48-46-38)37(51)26-13-17-30-31(20-26)49(2)34(42-30)22-56-27-14-10-23(11-15-27)19-32-39(52)44-41(55)57-32/h4-6,8-18,20,32H,3,7,19,21-22H2,1-2H3,(H,53,54)(H,44,52,55)(H,45,46,47,48). The number of aromatic nitrogens is 8. The zero-order chi connectivity index (χ0) is 39.6. The molecular formula is C41H35N9O6S. The van der Waals surface area contributed by atoms with Crippen LogP contribution in [0.15, 0.2) is 91.0 Å². The van der Waals surface area contributed by atoms with Crippen LogP contribution in [0.25, 0.3) is 33.5 Å². The molecule has 0 radical (unpaired) electrons. The van der Waals surface area contributed by atoms with Gasteiger partial charge in [-0.3, -0.25) is 19.7 Å². The molecule has 1 fully saturated rings. The van der Waals surface area contributed by atoms with Gasteiger partial charge in [-0.25, -0.2) is 14.8 Å². The fourth-order valence-electron chi connectivity index (χ4n) is 6.92. The van der Waals surface area contributed by atoms with Gasteiger partial charge in [-0.2, -0.15) is 5.21 Å². The molecule has 57 heavy (non-hydrogen) atoms. The first-order valence-electron chi connectivity index (χ1n) is 18.1. The smallest absolute Gasteiger partial charge is 0.355 e. The Morgan fingerprint density at radius 3 is 2.40 bits per heavy atom. The molecule has 1 aliphatic rings. The molecule has 1 unspecified atom stereocenters. The number of aryl methyl sites for hydroxylation is 2. The van der Waals surface area contributed by atoms with Crippen LogP contribution in [0, 0.1) is 0 Å². The van der Waals surface area contributed by atoms with Gasteiger partial charge >= 0.3 is 5.97 Å². The maximum absolute atomic E-state index is 14.2. The number of hydrogen-bond donors (Lipinski definition) is 3. The summed E-state index contributed by atoms with van der Waals surface area (Å²) >= 11 is 0.991. The summed E-state index contributed by atoms with van der Waals surface area (Å²) in [5.41, 5.74) is 5.46. The van der Waals surface area contributed by atoms with Crippen LogP contribution >= 0.6 is 11.8 Å². The zero-order valence-electron chi connectivity index (χ0n) is 30.8. The number of carbonyl (C=O) groups is 4. The van der Waals surface area contributed by atoms with Crippen molar-refractivity contribution in [3.8, 4) is 28.3 Å². The van der Waals surface area contributed by atoms with E-state index in [1.807, 2.05) is 79.2 Å². The van der Waals surface area contributed by atoms with Gasteiger partial charge in [-0.1, -0.05) is 73.3 Å². The molecule has 3 aromatic heterocycles. The van der Waals surface area contributed by atoms with Crippen molar-refractivity contribution in [1.82, 2.24) is 45.0 Å². The Labute approximate surface area is 329 Å². The van der Waals surface area contributed by atoms with Crippen molar-refractivity contribution in [2.24, 2.45) is 7.05 Å². The SMILES string of the molecule is CCCc1nc(C(=O)c2ccc3nc(COc4ccc(CC5SC(=O)NC5=O)cc4)n(C)c3c2)c(C(=O)O)n1Cc1ccc(-c2ccccc2)c(-c2nn[nH]n2)c1. The number of aromatic carboxylic acids is 1. The third kappa shape index (κ3) is 7.54. The first kappa shape index (κ1) is 37.0. The maximum Gasteiger partial charge on any atom is 0.355 e. The maximum atomic E-state index is 14.2. The molecule has 16 heteroatoms. The molecular weight excluding hydrogens is 747 g/mol. The predicted molar refractivity (Wildman–Crippen MR) is 211 cm³/mol. The molecule has 286 valence electrons. The summed E-state index contributed by atoms with van der Waals surface area (Å²) in [7, 11) is 1.82. The molecule has 7 aromatic rings. The summed E-state index contributed by atoms with van der Waals surface area (Å²) in [4.78, 5) is 59.9. The molecule has 1 aliphatic heterocycles. The van der Waals surface area contributed by atoms with Crippen LogP contribution in [0.3, 0.4) is 0 Å². The number of nitrogens with one attached hydrogen (secondary N) is 2. The number of hydrogen-bond acceptors (Lipinski definition) is 11. The Hall–Kier alpha value is -6.94. The number of imide groups is 1. The zero-order valence-corrected chi connectivity index (χ0v) is 31.6. The first-order valence-corrected chi connectivity index (χ1v) is 19.0. The Morgan fingerprint density at radius 1 is 0.912 bits per heavy atom. The lowest BCUT2D eigenvalue weighted by Crippen LogP contribution is -2.25. The highest BCUT2D eigenvalue weighted by Crippen LogP contribution is 2.32. The number of ketones is 1. The lowest BCUT2D eigenvalue weighted by Gasteiger charge is -2.13. The second-order valence-corrected chi connectivity index (χ2v) is 14.7. The van der Waals surface area contributed by atoms with Gasteiger partial charge < -0.3 is 19.0 Å². The number of benzene rings is 4. The van der Waals surface area contributed by atoms with E-state index in [0.717, 1.165) is 39.6 Å². The Kier molecular flexibility index (Phi) is 10.2. The Bertz CT molecular complexity index is 2660. The first-order chi connectivity index (χ1) is 27.7. The van der Waals surface area contributed by atoms with Gasteiger partial charge in [0.25, 0.3) is 5.24 Å². The van der Waals surface area contributed by atoms with Crippen molar-refractivity contribution >= 4 is 45.7 Å². The number of amides is 2. The third-order valence-electron chi connectivity index (χ3n) is 9.75. The number of ether oxygens (including phenoxy) is 1. The summed E-state index contributed by atoms with van der Waals surface area (Å²) in [5.74, 6) is 0.0148. The van der Waals surface area contributed by atoms with Crippen LogP contribution < -0.4 is 10.1 Å². The van der Waals surface area contributed by atoms with E-state index in [2.05, 4.69) is 30.9 Å².